The first-order chi connectivity index (χ1) is 9.26. The lowest BCUT2D eigenvalue weighted by Crippen LogP contribution is -2.09. The maximum Gasteiger partial charge on any atom is 0.145 e. The van der Waals surface area contributed by atoms with Crippen molar-refractivity contribution in [1.82, 2.24) is 0 Å². The summed E-state index contributed by atoms with van der Waals surface area (Å²) in [5, 5.41) is 9.07. The van der Waals surface area contributed by atoms with Gasteiger partial charge in [-0.25, -0.2) is 0 Å². The molecule has 0 spiro atoms. The van der Waals surface area contributed by atoms with Crippen LogP contribution in [0.2, 0.25) is 0 Å². The van der Waals surface area contributed by atoms with Crippen LogP contribution in [-0.2, 0) is 0 Å². The molecular weight excluding hydrogens is 236 g/mol. The summed E-state index contributed by atoms with van der Waals surface area (Å²) in [5.41, 5.74) is 7.55. The van der Waals surface area contributed by atoms with Crippen molar-refractivity contribution in [2.24, 2.45) is 5.73 Å². The predicted octanol–water partition coefficient (Wildman–Crippen LogP) is 3.76. The Bertz CT molecular complexity index is 602. The van der Waals surface area contributed by atoms with E-state index in [9.17, 15) is 0 Å². The van der Waals surface area contributed by atoms with Crippen LogP contribution in [0.15, 0.2) is 48.5 Å². The van der Waals surface area contributed by atoms with Crippen molar-refractivity contribution >= 4 is 0 Å². The lowest BCUT2D eigenvalue weighted by Gasteiger charge is -2.15. The van der Waals surface area contributed by atoms with Crippen molar-refractivity contribution in [3.05, 3.63) is 59.7 Å². The van der Waals surface area contributed by atoms with E-state index in [0.29, 0.717) is 17.1 Å². The lowest BCUT2D eigenvalue weighted by atomic mass is 10.0. The highest BCUT2D eigenvalue weighted by atomic mass is 16.5. The second-order valence-corrected chi connectivity index (χ2v) is 4.26. The molecule has 0 aliphatic heterocycles. The van der Waals surface area contributed by atoms with E-state index in [1.165, 1.54) is 0 Å². The van der Waals surface area contributed by atoms with Gasteiger partial charge in [-0.15, -0.1) is 0 Å². The number of hydrogen-bond donors (Lipinski definition) is 1. The van der Waals surface area contributed by atoms with E-state index < -0.39 is 0 Å². The summed E-state index contributed by atoms with van der Waals surface area (Å²) < 4.78 is 5.85. The summed E-state index contributed by atoms with van der Waals surface area (Å²) in [6.45, 7) is 2.03. The molecule has 2 N–H and O–H groups in total. The molecule has 0 fully saturated rings. The number of hydrogen-bond acceptors (Lipinski definition) is 3. The Hall–Kier alpha value is -2.31. The van der Waals surface area contributed by atoms with E-state index in [-0.39, 0.29) is 6.04 Å². The first-order valence-corrected chi connectivity index (χ1v) is 6.27. The minimum Gasteiger partial charge on any atom is -0.456 e. The van der Waals surface area contributed by atoms with Gasteiger partial charge in [0, 0.05) is 11.6 Å². The molecule has 0 aliphatic carbocycles. The summed E-state index contributed by atoms with van der Waals surface area (Å²) in [7, 11) is 0. The predicted molar refractivity (Wildman–Crippen MR) is 74.9 cm³/mol. The molecule has 0 heterocycles. The van der Waals surface area contributed by atoms with Crippen molar-refractivity contribution in [1.29, 1.82) is 5.26 Å². The smallest absolute Gasteiger partial charge is 0.145 e. The standard InChI is InChI=1S/C16H16N2O/c1-2-14(18)13-8-4-6-10-16(13)19-15-9-5-3-7-12(15)11-17/h3-10,14H,2,18H2,1H3. The average Bonchev–Trinajstić information content (AvgIpc) is 2.47. The van der Waals surface area contributed by atoms with E-state index in [0.717, 1.165) is 12.0 Å². The van der Waals surface area contributed by atoms with Crippen LogP contribution >= 0.6 is 0 Å². The Morgan fingerprint density at radius 1 is 1.11 bits per heavy atom. The molecule has 3 nitrogen and oxygen atoms in total. The zero-order chi connectivity index (χ0) is 13.7. The lowest BCUT2D eigenvalue weighted by molar-refractivity contribution is 0.467. The first-order valence-electron chi connectivity index (χ1n) is 6.27. The molecule has 0 amide bonds. The van der Waals surface area contributed by atoms with Gasteiger partial charge in [-0.05, 0) is 24.6 Å². The van der Waals surface area contributed by atoms with Gasteiger partial charge < -0.3 is 10.5 Å². The topological polar surface area (TPSA) is 59.0 Å². The molecule has 0 saturated heterocycles. The van der Waals surface area contributed by atoms with E-state index in [4.69, 9.17) is 15.7 Å². The molecule has 96 valence electrons. The van der Waals surface area contributed by atoms with E-state index in [2.05, 4.69) is 6.07 Å². The molecule has 0 saturated carbocycles. The van der Waals surface area contributed by atoms with Crippen molar-refractivity contribution in [2.45, 2.75) is 19.4 Å². The van der Waals surface area contributed by atoms with Crippen LogP contribution in [0, 0.1) is 11.3 Å². The Balaban J connectivity index is 2.36. The Morgan fingerprint density at radius 3 is 2.42 bits per heavy atom. The normalized spacial score (nSPS) is 11.6. The third-order valence-electron chi connectivity index (χ3n) is 2.99. The summed E-state index contributed by atoms with van der Waals surface area (Å²) in [6, 6.07) is 16.9. The summed E-state index contributed by atoms with van der Waals surface area (Å²) in [4.78, 5) is 0. The van der Waals surface area contributed by atoms with Gasteiger partial charge in [-0.3, -0.25) is 0 Å². The SMILES string of the molecule is CCC(N)c1ccccc1Oc1ccccc1C#N. The molecule has 3 heteroatoms. The number of nitriles is 1. The van der Waals surface area contributed by atoms with Gasteiger partial charge in [-0.1, -0.05) is 37.3 Å². The molecule has 2 aromatic carbocycles. The number of rotatable bonds is 4. The highest BCUT2D eigenvalue weighted by Gasteiger charge is 2.12. The third kappa shape index (κ3) is 2.93. The molecule has 2 rings (SSSR count). The van der Waals surface area contributed by atoms with Gasteiger partial charge in [0.15, 0.2) is 0 Å². The average molecular weight is 252 g/mol. The highest BCUT2D eigenvalue weighted by molar-refractivity contribution is 5.47. The molecule has 1 atom stereocenters. The van der Waals surface area contributed by atoms with Crippen LogP contribution in [0.4, 0.5) is 0 Å². The quantitative estimate of drug-likeness (QED) is 0.901. The van der Waals surface area contributed by atoms with Gasteiger partial charge in [0.25, 0.3) is 0 Å². The van der Waals surface area contributed by atoms with Crippen LogP contribution in [-0.4, -0.2) is 0 Å². The van der Waals surface area contributed by atoms with E-state index in [1.807, 2.05) is 43.3 Å². The van der Waals surface area contributed by atoms with Crippen LogP contribution in [0.5, 0.6) is 11.5 Å². The molecule has 0 bridgehead atoms. The van der Waals surface area contributed by atoms with E-state index in [1.54, 1.807) is 12.1 Å². The Morgan fingerprint density at radius 2 is 1.74 bits per heavy atom. The first kappa shape index (κ1) is 13.1. The summed E-state index contributed by atoms with van der Waals surface area (Å²) in [6.07, 6.45) is 0.834. The third-order valence-corrected chi connectivity index (χ3v) is 2.99. The van der Waals surface area contributed by atoms with Crippen LogP contribution in [0.25, 0.3) is 0 Å². The Labute approximate surface area is 113 Å². The number of benzene rings is 2. The van der Waals surface area contributed by atoms with Crippen LogP contribution in [0.3, 0.4) is 0 Å². The van der Waals surface area contributed by atoms with E-state index >= 15 is 0 Å². The molecule has 2 aromatic rings. The summed E-state index contributed by atoms with van der Waals surface area (Å²) in [5.74, 6) is 1.26. The fraction of sp³-hybridized carbons (Fsp3) is 0.188. The minimum atomic E-state index is -0.0644. The van der Waals surface area contributed by atoms with Gasteiger partial charge in [0.05, 0.1) is 5.56 Å². The van der Waals surface area contributed by atoms with Gasteiger partial charge in [0.2, 0.25) is 0 Å². The summed E-state index contributed by atoms with van der Waals surface area (Å²) >= 11 is 0. The second-order valence-electron chi connectivity index (χ2n) is 4.26. The zero-order valence-corrected chi connectivity index (χ0v) is 10.8. The van der Waals surface area contributed by atoms with Crippen LogP contribution < -0.4 is 10.5 Å². The van der Waals surface area contributed by atoms with Crippen molar-refractivity contribution in [3.8, 4) is 17.6 Å². The number of nitrogens with two attached hydrogens (primary N) is 1. The highest BCUT2D eigenvalue weighted by Crippen LogP contribution is 2.31. The van der Waals surface area contributed by atoms with Crippen molar-refractivity contribution < 1.29 is 4.74 Å². The molecule has 1 unspecified atom stereocenters. The van der Waals surface area contributed by atoms with Gasteiger partial charge in [-0.2, -0.15) is 5.26 Å². The van der Waals surface area contributed by atoms with Crippen molar-refractivity contribution in [3.63, 3.8) is 0 Å². The largest absolute Gasteiger partial charge is 0.456 e. The number of para-hydroxylation sites is 2. The zero-order valence-electron chi connectivity index (χ0n) is 10.8. The van der Waals surface area contributed by atoms with Gasteiger partial charge >= 0.3 is 0 Å². The fourth-order valence-electron chi connectivity index (χ4n) is 1.87. The molecule has 19 heavy (non-hydrogen) atoms. The Kier molecular flexibility index (Phi) is 4.17. The van der Waals surface area contributed by atoms with Crippen LogP contribution in [0.1, 0.15) is 30.5 Å². The molecule has 0 aliphatic rings. The minimum absolute atomic E-state index is 0.0644. The number of nitrogens with zero attached hydrogens (tertiary/aromatic N) is 1. The fourth-order valence-corrected chi connectivity index (χ4v) is 1.87. The number of ether oxygens (including phenoxy) is 1. The molecular formula is C16H16N2O. The van der Waals surface area contributed by atoms with Crippen molar-refractivity contribution in [2.75, 3.05) is 0 Å². The molecule has 0 radical (unpaired) electrons. The van der Waals surface area contributed by atoms with Gasteiger partial charge in [0.1, 0.15) is 17.6 Å². The monoisotopic (exact) mass is 252 g/mol. The maximum atomic E-state index is 9.07. The second kappa shape index (κ2) is 6.03. The molecule has 0 aromatic heterocycles. The maximum absolute atomic E-state index is 9.07.